The maximum absolute atomic E-state index is 4.63. The molecule has 2 N–H and O–H groups in total. The van der Waals surface area contributed by atoms with Crippen LogP contribution in [0.4, 0.5) is 17.1 Å². The largest absolute Gasteiger partial charge is 0.372 e. The van der Waals surface area contributed by atoms with Crippen molar-refractivity contribution in [2.45, 2.75) is 32.7 Å². The Morgan fingerprint density at radius 2 is 1.72 bits per heavy atom. The predicted molar refractivity (Wildman–Crippen MR) is 158 cm³/mol. The Bertz CT molecular complexity index is 1290. The van der Waals surface area contributed by atoms with E-state index in [0.717, 1.165) is 22.4 Å². The molecule has 0 spiro atoms. The zero-order chi connectivity index (χ0) is 25.1. The third-order valence-electron chi connectivity index (χ3n) is 7.63. The van der Waals surface area contributed by atoms with E-state index in [0.29, 0.717) is 6.04 Å². The van der Waals surface area contributed by atoms with E-state index in [1.807, 2.05) is 6.20 Å². The molecule has 1 aliphatic heterocycles. The van der Waals surface area contributed by atoms with Crippen LogP contribution < -0.4 is 15.5 Å². The number of aromatic nitrogens is 2. The Balaban J connectivity index is 1.39. The van der Waals surface area contributed by atoms with E-state index in [-0.39, 0.29) is 7.92 Å². The summed E-state index contributed by atoms with van der Waals surface area (Å²) < 4.78 is 0. The van der Waals surface area contributed by atoms with Crippen molar-refractivity contribution in [1.29, 1.82) is 0 Å². The molecule has 188 valence electrons. The molecule has 5 nitrogen and oxygen atoms in total. The van der Waals surface area contributed by atoms with Gasteiger partial charge < -0.3 is 20.1 Å². The average Bonchev–Trinajstić information content (AvgIpc) is 3.36. The number of aromatic amines is 1. The maximum Gasteiger partial charge on any atom is 0.139 e. The fraction of sp³-hybridized carbons (Fsp3) is 0.367. The fourth-order valence-corrected chi connectivity index (χ4v) is 7.22. The monoisotopic (exact) mass is 499 g/mol. The highest BCUT2D eigenvalue weighted by atomic mass is 31.1. The summed E-state index contributed by atoms with van der Waals surface area (Å²) in [6, 6.07) is 22.6. The number of nitrogens with one attached hydrogen (secondary N) is 2. The van der Waals surface area contributed by atoms with Crippen LogP contribution in [0.25, 0.3) is 22.3 Å². The van der Waals surface area contributed by atoms with E-state index in [2.05, 4.69) is 114 Å². The lowest BCUT2D eigenvalue weighted by Gasteiger charge is -2.36. The van der Waals surface area contributed by atoms with Crippen LogP contribution in [0.15, 0.2) is 66.9 Å². The maximum atomic E-state index is 4.63. The summed E-state index contributed by atoms with van der Waals surface area (Å²) in [5, 5.41) is 6.30. The number of piperidine rings is 1. The minimum atomic E-state index is -0.151. The normalized spacial score (nSPS) is 15.0. The number of hydrogen-bond donors (Lipinski definition) is 2. The lowest BCUT2D eigenvalue weighted by Crippen LogP contribution is -2.41. The minimum Gasteiger partial charge on any atom is -0.372 e. The molecule has 1 aliphatic rings. The van der Waals surface area contributed by atoms with Crippen LogP contribution in [0.1, 0.15) is 26.7 Å². The molecule has 0 atom stereocenters. The Morgan fingerprint density at radius 1 is 1.00 bits per heavy atom. The zero-order valence-corrected chi connectivity index (χ0v) is 22.9. The number of likely N-dealkylation sites (tertiary alicyclic amines) is 1. The number of rotatable bonds is 8. The van der Waals surface area contributed by atoms with Crippen LogP contribution in [0, 0.1) is 0 Å². The highest BCUT2D eigenvalue weighted by Gasteiger charge is 2.21. The van der Waals surface area contributed by atoms with Gasteiger partial charge in [0.1, 0.15) is 5.65 Å². The molecular weight excluding hydrogens is 461 g/mol. The van der Waals surface area contributed by atoms with Gasteiger partial charge in [-0.05, 0) is 86.5 Å². The molecule has 2 aromatic heterocycles. The number of anilines is 3. The molecule has 0 aliphatic carbocycles. The van der Waals surface area contributed by atoms with Crippen LogP contribution in [0.3, 0.4) is 0 Å². The van der Waals surface area contributed by atoms with Crippen molar-refractivity contribution in [2.75, 3.05) is 49.7 Å². The van der Waals surface area contributed by atoms with E-state index in [1.165, 1.54) is 60.5 Å². The Labute approximate surface area is 216 Å². The second-order valence-electron chi connectivity index (χ2n) is 9.81. The highest BCUT2D eigenvalue weighted by molar-refractivity contribution is 7.65. The molecule has 0 bridgehead atoms. The van der Waals surface area contributed by atoms with Gasteiger partial charge >= 0.3 is 0 Å². The van der Waals surface area contributed by atoms with Gasteiger partial charge in [0, 0.05) is 41.7 Å². The van der Waals surface area contributed by atoms with Crippen LogP contribution in [0.2, 0.25) is 0 Å². The van der Waals surface area contributed by atoms with E-state index in [1.54, 1.807) is 0 Å². The molecule has 1 saturated heterocycles. The van der Waals surface area contributed by atoms with Crippen molar-refractivity contribution < 1.29 is 0 Å². The summed E-state index contributed by atoms with van der Waals surface area (Å²) in [5.41, 5.74) is 6.77. The Morgan fingerprint density at radius 3 is 2.44 bits per heavy atom. The molecule has 36 heavy (non-hydrogen) atoms. The number of hydrogen-bond acceptors (Lipinski definition) is 4. The molecule has 5 rings (SSSR count). The van der Waals surface area contributed by atoms with Crippen molar-refractivity contribution in [3.63, 3.8) is 0 Å². The number of fused-ring (bicyclic) bond motifs is 1. The van der Waals surface area contributed by atoms with Crippen molar-refractivity contribution >= 4 is 41.3 Å². The summed E-state index contributed by atoms with van der Waals surface area (Å²) in [4.78, 5) is 13.0. The molecule has 3 heterocycles. The smallest absolute Gasteiger partial charge is 0.139 e. The summed E-state index contributed by atoms with van der Waals surface area (Å²) in [5.74, 6) is 0. The van der Waals surface area contributed by atoms with E-state index in [9.17, 15) is 0 Å². The molecule has 0 saturated carbocycles. The standard InChI is InChI=1S/C30H38N5P/c1-5-36(6-2)29-10-8-7-9-27(29)32-26-15-18-31-30-25(26)21-28(33-30)22-11-13-23(14-12-22)35(4)24-16-19-34(3)20-17-24/h7-15,18,21,24H,5-6,16-17,19-20H2,1-4H3,(H2,31,32,33). The lowest BCUT2D eigenvalue weighted by molar-refractivity contribution is 0.253. The van der Waals surface area contributed by atoms with Gasteiger partial charge in [-0.3, -0.25) is 0 Å². The molecule has 2 aromatic carbocycles. The van der Waals surface area contributed by atoms with Crippen molar-refractivity contribution in [3.05, 3.63) is 66.9 Å². The number of benzene rings is 2. The zero-order valence-electron chi connectivity index (χ0n) is 22.0. The summed E-state index contributed by atoms with van der Waals surface area (Å²) in [7, 11) is 4.30. The van der Waals surface area contributed by atoms with Gasteiger partial charge in [0.25, 0.3) is 0 Å². The van der Waals surface area contributed by atoms with E-state index >= 15 is 0 Å². The fourth-order valence-electron chi connectivity index (χ4n) is 5.33. The first-order chi connectivity index (χ1) is 17.6. The van der Waals surface area contributed by atoms with Crippen molar-refractivity contribution in [2.24, 2.45) is 0 Å². The number of para-hydroxylation sites is 1. The van der Waals surface area contributed by atoms with Gasteiger partial charge in [-0.1, -0.05) is 52.1 Å². The Hall–Kier alpha value is -2.88. The van der Waals surface area contributed by atoms with Gasteiger partial charge in [-0.2, -0.15) is 0 Å². The molecule has 4 aromatic rings. The minimum absolute atomic E-state index is 0.151. The second-order valence-corrected chi connectivity index (χ2v) is 12.6. The van der Waals surface area contributed by atoms with Gasteiger partial charge in [0.2, 0.25) is 0 Å². The molecule has 0 radical (unpaired) electrons. The SMILES string of the molecule is CCP(CC)c1ccccc1Nc1ccnc2[nH]c(-c3ccc(N(C)C4CCN(C)CC4)cc3)cc12. The van der Waals surface area contributed by atoms with E-state index in [4.69, 9.17) is 0 Å². The molecule has 0 unspecified atom stereocenters. The lowest BCUT2D eigenvalue weighted by atomic mass is 10.0. The van der Waals surface area contributed by atoms with Crippen LogP contribution in [0.5, 0.6) is 0 Å². The summed E-state index contributed by atoms with van der Waals surface area (Å²) in [6.45, 7) is 6.95. The topological polar surface area (TPSA) is 47.2 Å². The highest BCUT2D eigenvalue weighted by Crippen LogP contribution is 2.38. The quantitative estimate of drug-likeness (QED) is 0.267. The van der Waals surface area contributed by atoms with Gasteiger partial charge in [0.15, 0.2) is 0 Å². The average molecular weight is 500 g/mol. The number of nitrogens with zero attached hydrogens (tertiary/aromatic N) is 3. The third kappa shape index (κ3) is 5.14. The molecule has 0 amide bonds. The first kappa shape index (κ1) is 24.8. The molecule has 1 fully saturated rings. The number of pyridine rings is 1. The second kappa shape index (κ2) is 11.0. The van der Waals surface area contributed by atoms with Gasteiger partial charge in [-0.25, -0.2) is 4.98 Å². The first-order valence-electron chi connectivity index (χ1n) is 13.2. The third-order valence-corrected chi connectivity index (χ3v) is 10.2. The Kier molecular flexibility index (Phi) is 7.59. The summed E-state index contributed by atoms with van der Waals surface area (Å²) in [6.07, 6.45) is 6.73. The van der Waals surface area contributed by atoms with Crippen LogP contribution in [-0.4, -0.2) is 60.4 Å². The van der Waals surface area contributed by atoms with E-state index < -0.39 is 0 Å². The van der Waals surface area contributed by atoms with Gasteiger partial charge in [-0.15, -0.1) is 0 Å². The molecule has 6 heteroatoms. The van der Waals surface area contributed by atoms with Crippen molar-refractivity contribution in [1.82, 2.24) is 14.9 Å². The number of H-pyrrole nitrogens is 1. The predicted octanol–water partition coefficient (Wildman–Crippen LogP) is 6.65. The van der Waals surface area contributed by atoms with Crippen LogP contribution >= 0.6 is 7.92 Å². The molecular formula is C30H38N5P. The van der Waals surface area contributed by atoms with Gasteiger partial charge in [0.05, 0.1) is 5.69 Å². The summed E-state index contributed by atoms with van der Waals surface area (Å²) >= 11 is 0. The van der Waals surface area contributed by atoms with Crippen LogP contribution in [-0.2, 0) is 0 Å². The first-order valence-corrected chi connectivity index (χ1v) is 14.9. The van der Waals surface area contributed by atoms with Crippen molar-refractivity contribution in [3.8, 4) is 11.3 Å².